The van der Waals surface area contributed by atoms with E-state index >= 15 is 0 Å². The van der Waals surface area contributed by atoms with Crippen molar-refractivity contribution in [3.8, 4) is 11.5 Å². The van der Waals surface area contributed by atoms with Gasteiger partial charge in [0.15, 0.2) is 16.3 Å². The minimum absolute atomic E-state index is 0.0720. The van der Waals surface area contributed by atoms with Crippen LogP contribution in [0.25, 0.3) is 6.08 Å². The van der Waals surface area contributed by atoms with Crippen LogP contribution in [0.4, 0.5) is 5.69 Å². The molecule has 0 N–H and O–H groups in total. The fourth-order valence-electron chi connectivity index (χ4n) is 4.40. The highest BCUT2D eigenvalue weighted by Gasteiger charge is 2.36. The van der Waals surface area contributed by atoms with E-state index in [-0.39, 0.29) is 24.3 Å². The number of hydrogen-bond donors (Lipinski definition) is 0. The first kappa shape index (κ1) is 28.1. The van der Waals surface area contributed by atoms with E-state index in [1.165, 1.54) is 18.4 Å². The molecular formula is C29H33N3O6S. The lowest BCUT2D eigenvalue weighted by molar-refractivity contribution is -0.140. The molecule has 2 aromatic carbocycles. The Labute approximate surface area is 231 Å². The molecule has 2 heterocycles. The van der Waals surface area contributed by atoms with Crippen LogP contribution >= 0.6 is 11.3 Å². The summed E-state index contributed by atoms with van der Waals surface area (Å²) < 4.78 is 24.2. The maximum Gasteiger partial charge on any atom is 0.338 e. The maximum absolute atomic E-state index is 13.9. The maximum atomic E-state index is 13.9. The lowest BCUT2D eigenvalue weighted by Crippen LogP contribution is -2.40. The van der Waals surface area contributed by atoms with E-state index in [0.29, 0.717) is 38.7 Å². The number of benzene rings is 2. The van der Waals surface area contributed by atoms with Crippen LogP contribution in [0.2, 0.25) is 0 Å². The summed E-state index contributed by atoms with van der Waals surface area (Å²) in [5.41, 5.74) is 3.01. The van der Waals surface area contributed by atoms with Crippen molar-refractivity contribution in [2.75, 3.05) is 53.0 Å². The molecule has 1 aliphatic heterocycles. The molecule has 0 amide bonds. The number of carbonyl (C=O) groups excluding carboxylic acids is 1. The van der Waals surface area contributed by atoms with Gasteiger partial charge in [-0.3, -0.25) is 9.36 Å². The minimum atomic E-state index is -0.828. The quantitative estimate of drug-likeness (QED) is 0.283. The van der Waals surface area contributed by atoms with Crippen LogP contribution in [0.5, 0.6) is 11.5 Å². The van der Waals surface area contributed by atoms with Gasteiger partial charge in [-0.25, -0.2) is 9.79 Å². The average Bonchev–Trinajstić information content (AvgIpc) is 3.22. The highest BCUT2D eigenvalue weighted by Crippen LogP contribution is 2.40. The van der Waals surface area contributed by atoms with Gasteiger partial charge in [-0.1, -0.05) is 35.6 Å². The second-order valence-electron chi connectivity index (χ2n) is 9.01. The van der Waals surface area contributed by atoms with Crippen LogP contribution in [0.3, 0.4) is 0 Å². The number of esters is 1. The molecule has 1 atom stereocenters. The number of anilines is 1. The molecule has 3 aromatic rings. The van der Waals surface area contributed by atoms with Crippen molar-refractivity contribution in [3.05, 3.63) is 84.5 Å². The first-order chi connectivity index (χ1) is 18.8. The number of para-hydroxylation sites is 1. The molecule has 10 heteroatoms. The number of thiazole rings is 1. The van der Waals surface area contributed by atoms with Crippen molar-refractivity contribution < 1.29 is 23.7 Å². The Morgan fingerprint density at radius 1 is 1.13 bits per heavy atom. The summed E-state index contributed by atoms with van der Waals surface area (Å²) in [4.78, 5) is 34.5. The Morgan fingerprint density at radius 2 is 1.87 bits per heavy atom. The van der Waals surface area contributed by atoms with Gasteiger partial charge in [0, 0.05) is 32.5 Å². The van der Waals surface area contributed by atoms with Crippen molar-refractivity contribution in [3.63, 3.8) is 0 Å². The number of hydrogen-bond acceptors (Lipinski definition) is 9. The van der Waals surface area contributed by atoms with Gasteiger partial charge in [0.1, 0.15) is 12.6 Å². The van der Waals surface area contributed by atoms with Gasteiger partial charge in [0.05, 0.1) is 36.1 Å². The van der Waals surface area contributed by atoms with Crippen LogP contribution in [0.1, 0.15) is 31.0 Å². The summed E-state index contributed by atoms with van der Waals surface area (Å²) in [6.07, 6.45) is 1.84. The van der Waals surface area contributed by atoms with Crippen molar-refractivity contribution in [1.29, 1.82) is 0 Å². The highest BCUT2D eigenvalue weighted by molar-refractivity contribution is 7.07. The third-order valence-electron chi connectivity index (χ3n) is 6.28. The fraction of sp³-hybridized carbons (Fsp3) is 0.345. The van der Waals surface area contributed by atoms with E-state index in [1.54, 1.807) is 24.7 Å². The number of methoxy groups -OCH3 is 2. The third-order valence-corrected chi connectivity index (χ3v) is 7.26. The summed E-state index contributed by atoms with van der Waals surface area (Å²) in [6, 6.07) is 12.5. The molecule has 0 unspecified atom stereocenters. The predicted octanol–water partition coefficient (Wildman–Crippen LogP) is 2.90. The molecule has 206 valence electrons. The van der Waals surface area contributed by atoms with Gasteiger partial charge in [-0.2, -0.15) is 0 Å². The second kappa shape index (κ2) is 12.3. The van der Waals surface area contributed by atoms with E-state index < -0.39 is 12.0 Å². The van der Waals surface area contributed by atoms with Crippen molar-refractivity contribution in [2.45, 2.75) is 19.9 Å². The molecular weight excluding hydrogens is 518 g/mol. The van der Waals surface area contributed by atoms with Gasteiger partial charge >= 0.3 is 5.97 Å². The van der Waals surface area contributed by atoms with E-state index in [0.717, 1.165) is 11.3 Å². The summed E-state index contributed by atoms with van der Waals surface area (Å²) in [5, 5.41) is 0. The molecule has 0 aliphatic carbocycles. The van der Waals surface area contributed by atoms with Gasteiger partial charge < -0.3 is 23.8 Å². The first-order valence-electron chi connectivity index (χ1n) is 12.6. The topological polar surface area (TPSA) is 91.6 Å². The first-order valence-corrected chi connectivity index (χ1v) is 13.4. The van der Waals surface area contributed by atoms with Crippen LogP contribution in [-0.4, -0.2) is 58.7 Å². The monoisotopic (exact) mass is 551 g/mol. The van der Waals surface area contributed by atoms with Crippen LogP contribution in [0.15, 0.2) is 63.5 Å². The number of rotatable bonds is 10. The van der Waals surface area contributed by atoms with E-state index in [4.69, 9.17) is 18.9 Å². The van der Waals surface area contributed by atoms with E-state index in [2.05, 4.69) is 4.99 Å². The zero-order valence-electron chi connectivity index (χ0n) is 23.0. The van der Waals surface area contributed by atoms with Crippen LogP contribution in [-0.2, 0) is 14.3 Å². The lowest BCUT2D eigenvalue weighted by Gasteiger charge is -2.27. The van der Waals surface area contributed by atoms with Gasteiger partial charge in [-0.05, 0) is 43.7 Å². The summed E-state index contributed by atoms with van der Waals surface area (Å²) in [7, 11) is 7.03. The Balaban J connectivity index is 1.93. The summed E-state index contributed by atoms with van der Waals surface area (Å²) in [6.45, 7) is 4.30. The van der Waals surface area contributed by atoms with E-state index in [9.17, 15) is 9.59 Å². The SMILES string of the molecule is CCOc1c(OC)cccc1[C@@H]1C(C(=O)OCCOC)=C(C)N=c2s/c(=C/c3ccc(N(C)C)cc3)c(=O)n21. The number of allylic oxidation sites excluding steroid dienone is 1. The van der Waals surface area contributed by atoms with Crippen molar-refractivity contribution >= 4 is 29.1 Å². The van der Waals surface area contributed by atoms with Gasteiger partial charge in [0.2, 0.25) is 0 Å². The number of aromatic nitrogens is 1. The lowest BCUT2D eigenvalue weighted by atomic mass is 9.94. The molecule has 0 fully saturated rings. The van der Waals surface area contributed by atoms with Gasteiger partial charge in [0.25, 0.3) is 5.56 Å². The summed E-state index contributed by atoms with van der Waals surface area (Å²) >= 11 is 1.27. The molecule has 1 aliphatic rings. The molecule has 1 aromatic heterocycles. The molecule has 9 nitrogen and oxygen atoms in total. The third kappa shape index (κ3) is 5.76. The molecule has 0 radical (unpaired) electrons. The number of fused-ring (bicyclic) bond motifs is 1. The average molecular weight is 552 g/mol. The highest BCUT2D eigenvalue weighted by atomic mass is 32.1. The normalized spacial score (nSPS) is 15.0. The molecule has 0 saturated heterocycles. The van der Waals surface area contributed by atoms with Crippen LogP contribution < -0.4 is 29.3 Å². The predicted molar refractivity (Wildman–Crippen MR) is 152 cm³/mol. The van der Waals surface area contributed by atoms with Gasteiger partial charge in [-0.15, -0.1) is 0 Å². The zero-order chi connectivity index (χ0) is 28.1. The Morgan fingerprint density at radius 3 is 2.51 bits per heavy atom. The Bertz CT molecular complexity index is 1550. The van der Waals surface area contributed by atoms with E-state index in [1.807, 2.05) is 68.4 Å². The molecule has 0 bridgehead atoms. The number of ether oxygens (including phenoxy) is 4. The minimum Gasteiger partial charge on any atom is -0.493 e. The molecule has 4 rings (SSSR count). The molecule has 39 heavy (non-hydrogen) atoms. The Kier molecular flexibility index (Phi) is 8.88. The van der Waals surface area contributed by atoms with Crippen LogP contribution in [0, 0.1) is 0 Å². The number of carbonyl (C=O) groups is 1. The van der Waals surface area contributed by atoms with Crippen molar-refractivity contribution in [1.82, 2.24) is 4.57 Å². The van der Waals surface area contributed by atoms with Crippen molar-refractivity contribution in [2.24, 2.45) is 4.99 Å². The Hall–Kier alpha value is -3.89. The standard InChI is InChI=1S/C29H33N3O6S/c1-7-37-26-21(9-8-10-22(26)36-6)25-24(28(34)38-16-15-35-5)18(2)30-29-32(25)27(33)23(39-29)17-19-11-13-20(14-12-19)31(3)4/h8-14,17,25H,7,15-16H2,1-6H3/b23-17+/t25-/m1/s1. The smallest absolute Gasteiger partial charge is 0.338 e. The molecule has 0 spiro atoms. The number of nitrogens with zero attached hydrogens (tertiary/aromatic N) is 3. The zero-order valence-corrected chi connectivity index (χ0v) is 23.8. The summed E-state index contributed by atoms with van der Waals surface area (Å²) in [5.74, 6) is 0.384. The largest absolute Gasteiger partial charge is 0.493 e. The molecule has 0 saturated carbocycles. The second-order valence-corrected chi connectivity index (χ2v) is 10.0. The fourth-order valence-corrected chi connectivity index (χ4v) is 5.45.